The van der Waals surface area contributed by atoms with Gasteiger partial charge in [-0.25, -0.2) is 0 Å². The Labute approximate surface area is 375 Å². The standard InChI is InChI=1S/C61H49BN2/c1-34-30-43-44-31-35(2)33-50-57(44)64-55(43)48(32-34)61(45-17-11-9-14-40(45)41-15-10-12-18-46(41)61)47-28-29-51-53(58(47)64)62(50)49-19-13-16-42-52(36-20-24-38(25-21-36)59(3,4)5)54(63(51)56(42)49)37-22-26-39(27-23-37)60(6,7)8/h9-33H,1-8H3. The van der Waals surface area contributed by atoms with Gasteiger partial charge < -0.3 is 9.13 Å². The first-order chi connectivity index (χ1) is 30.9. The predicted octanol–water partition coefficient (Wildman–Crippen LogP) is 13.1. The van der Waals surface area contributed by atoms with Crippen molar-refractivity contribution in [2.45, 2.75) is 71.6 Å². The summed E-state index contributed by atoms with van der Waals surface area (Å²) in [5.74, 6) is 0. The van der Waals surface area contributed by atoms with Gasteiger partial charge in [-0.1, -0.05) is 186 Å². The zero-order chi connectivity index (χ0) is 43.3. The highest BCUT2D eigenvalue weighted by atomic mass is 15.1. The number of hydrogen-bond acceptors (Lipinski definition) is 0. The summed E-state index contributed by atoms with van der Waals surface area (Å²) in [7, 11) is 0. The Morgan fingerprint density at radius 1 is 0.453 bits per heavy atom. The Hall–Kier alpha value is -6.84. The summed E-state index contributed by atoms with van der Waals surface area (Å²) in [6.07, 6.45) is 0. The first-order valence-corrected chi connectivity index (χ1v) is 23.2. The Bertz CT molecular complexity index is 3700. The fraction of sp³-hybridized carbons (Fsp3) is 0.180. The summed E-state index contributed by atoms with van der Waals surface area (Å²) in [6.45, 7) is 18.5. The van der Waals surface area contributed by atoms with Crippen molar-refractivity contribution in [3.8, 4) is 44.9 Å². The van der Waals surface area contributed by atoms with E-state index in [1.807, 2.05) is 0 Å². The second-order valence-electron chi connectivity index (χ2n) is 21.4. The molecule has 4 aliphatic rings. The van der Waals surface area contributed by atoms with E-state index in [0.717, 1.165) is 0 Å². The van der Waals surface area contributed by atoms with Crippen LogP contribution in [-0.4, -0.2) is 15.8 Å². The molecule has 5 heterocycles. The number of rotatable bonds is 2. The maximum Gasteiger partial charge on any atom is 0.252 e. The van der Waals surface area contributed by atoms with Crippen molar-refractivity contribution in [2.24, 2.45) is 0 Å². The SMILES string of the molecule is Cc1cc2c3c(c1)c1cc(C)cc4c1n3-c1c(ccc3c1B2c1cccc2c(-c5ccc(C(C)(C)C)cc5)c(-c5ccc(C(C)(C)C)cc5)n-3c12)C41c2ccccc2-c2ccccc21. The molecule has 10 aromatic rings. The third kappa shape index (κ3) is 4.29. The topological polar surface area (TPSA) is 9.86 Å². The van der Waals surface area contributed by atoms with Crippen LogP contribution < -0.4 is 16.4 Å². The van der Waals surface area contributed by atoms with Crippen molar-refractivity contribution in [1.29, 1.82) is 0 Å². The van der Waals surface area contributed by atoms with Crippen LogP contribution in [0.25, 0.3) is 77.6 Å². The number of fused-ring (bicyclic) bond motifs is 11. The molecule has 64 heavy (non-hydrogen) atoms. The Balaban J connectivity index is 1.18. The molecule has 0 saturated carbocycles. The van der Waals surface area contributed by atoms with Gasteiger partial charge in [-0.3, -0.25) is 0 Å². The summed E-state index contributed by atoms with van der Waals surface area (Å²) in [6, 6.07) is 59.7. The minimum Gasteiger partial charge on any atom is -0.310 e. The van der Waals surface area contributed by atoms with Gasteiger partial charge in [-0.15, -0.1) is 0 Å². The van der Waals surface area contributed by atoms with Crippen LogP contribution in [0, 0.1) is 13.8 Å². The lowest BCUT2D eigenvalue weighted by atomic mass is 9.33. The van der Waals surface area contributed by atoms with E-state index in [1.165, 1.54) is 138 Å². The van der Waals surface area contributed by atoms with Crippen molar-refractivity contribution in [1.82, 2.24) is 9.13 Å². The molecule has 0 atom stereocenters. The smallest absolute Gasteiger partial charge is 0.252 e. The van der Waals surface area contributed by atoms with Gasteiger partial charge in [0.2, 0.25) is 0 Å². The molecule has 1 spiro atoms. The van der Waals surface area contributed by atoms with Crippen molar-refractivity contribution in [2.75, 3.05) is 0 Å². The van der Waals surface area contributed by atoms with Gasteiger partial charge >= 0.3 is 0 Å². The molecular weight excluding hydrogens is 771 g/mol. The summed E-state index contributed by atoms with van der Waals surface area (Å²) < 4.78 is 5.41. The number of aromatic nitrogens is 2. The molecular formula is C61H49BN2. The van der Waals surface area contributed by atoms with Gasteiger partial charge in [0.15, 0.2) is 0 Å². The quantitative estimate of drug-likeness (QED) is 0.154. The molecule has 2 nitrogen and oxygen atoms in total. The molecule has 0 radical (unpaired) electrons. The lowest BCUT2D eigenvalue weighted by molar-refractivity contribution is 0.590. The number of nitrogens with zero attached hydrogens (tertiary/aromatic N) is 2. The normalized spacial score (nSPS) is 14.7. The molecule has 0 saturated heterocycles. The Morgan fingerprint density at radius 3 is 1.67 bits per heavy atom. The monoisotopic (exact) mass is 820 g/mol. The van der Waals surface area contributed by atoms with E-state index < -0.39 is 5.41 Å². The number of aryl methyl sites for hydroxylation is 2. The third-order valence-electron chi connectivity index (χ3n) is 15.7. The van der Waals surface area contributed by atoms with Gasteiger partial charge in [0, 0.05) is 44.1 Å². The fourth-order valence-corrected chi connectivity index (χ4v) is 13.1. The largest absolute Gasteiger partial charge is 0.310 e. The molecule has 3 heteroatoms. The first kappa shape index (κ1) is 36.6. The lowest BCUT2D eigenvalue weighted by Gasteiger charge is -2.44. The molecule has 3 aliphatic heterocycles. The maximum absolute atomic E-state index is 2.73. The molecule has 1 aliphatic carbocycles. The van der Waals surface area contributed by atoms with Crippen LogP contribution in [0.2, 0.25) is 0 Å². The van der Waals surface area contributed by atoms with Crippen LogP contribution in [0.3, 0.4) is 0 Å². The predicted molar refractivity (Wildman–Crippen MR) is 271 cm³/mol. The van der Waals surface area contributed by atoms with E-state index in [4.69, 9.17) is 0 Å². The number of hydrogen-bond donors (Lipinski definition) is 0. The molecule has 0 fully saturated rings. The van der Waals surface area contributed by atoms with E-state index in [0.29, 0.717) is 0 Å². The van der Waals surface area contributed by atoms with Crippen molar-refractivity contribution in [3.05, 3.63) is 196 Å². The van der Waals surface area contributed by atoms with Crippen LogP contribution in [0.5, 0.6) is 0 Å². The highest BCUT2D eigenvalue weighted by molar-refractivity contribution is 7.00. The Kier molecular flexibility index (Phi) is 6.77. The van der Waals surface area contributed by atoms with Gasteiger partial charge in [-0.2, -0.15) is 0 Å². The highest BCUT2D eigenvalue weighted by Crippen LogP contribution is 2.62. The molecule has 0 bridgehead atoms. The number of benzene rings is 8. The number of para-hydroxylation sites is 1. The van der Waals surface area contributed by atoms with Crippen LogP contribution >= 0.6 is 0 Å². The second kappa shape index (κ2) is 11.8. The molecule has 2 aromatic heterocycles. The van der Waals surface area contributed by atoms with Gasteiger partial charge in [-0.05, 0) is 115 Å². The Morgan fingerprint density at radius 2 is 1.03 bits per heavy atom. The van der Waals surface area contributed by atoms with Crippen LogP contribution in [0.15, 0.2) is 152 Å². The first-order valence-electron chi connectivity index (χ1n) is 23.2. The molecule has 14 rings (SSSR count). The third-order valence-corrected chi connectivity index (χ3v) is 15.7. The zero-order valence-electron chi connectivity index (χ0n) is 37.9. The van der Waals surface area contributed by atoms with Crippen molar-refractivity contribution in [3.63, 3.8) is 0 Å². The van der Waals surface area contributed by atoms with Crippen molar-refractivity contribution >= 4 is 55.8 Å². The lowest BCUT2D eigenvalue weighted by Crippen LogP contribution is -2.60. The molecule has 0 amide bonds. The van der Waals surface area contributed by atoms with Gasteiger partial charge in [0.05, 0.1) is 16.6 Å². The average Bonchev–Trinajstić information content (AvgIpc) is 3.91. The summed E-state index contributed by atoms with van der Waals surface area (Å²) in [4.78, 5) is 0. The molecule has 8 aromatic carbocycles. The molecule has 0 N–H and O–H groups in total. The van der Waals surface area contributed by atoms with Gasteiger partial charge in [0.1, 0.15) is 0 Å². The van der Waals surface area contributed by atoms with E-state index in [2.05, 4.69) is 216 Å². The van der Waals surface area contributed by atoms with Gasteiger partial charge in [0.25, 0.3) is 6.71 Å². The molecule has 0 unspecified atom stereocenters. The van der Waals surface area contributed by atoms with Crippen molar-refractivity contribution < 1.29 is 0 Å². The average molecular weight is 821 g/mol. The van der Waals surface area contributed by atoms with E-state index >= 15 is 0 Å². The summed E-state index contributed by atoms with van der Waals surface area (Å²) >= 11 is 0. The van der Waals surface area contributed by atoms with Crippen LogP contribution in [-0.2, 0) is 16.2 Å². The van der Waals surface area contributed by atoms with Crippen LogP contribution in [0.1, 0.15) is 86.1 Å². The minimum absolute atomic E-state index is 0.0482. The minimum atomic E-state index is -0.488. The van der Waals surface area contributed by atoms with Crippen LogP contribution in [0.4, 0.5) is 0 Å². The van der Waals surface area contributed by atoms with E-state index in [9.17, 15) is 0 Å². The summed E-state index contributed by atoms with van der Waals surface area (Å²) in [5, 5.41) is 4.03. The van der Waals surface area contributed by atoms with E-state index in [1.54, 1.807) is 0 Å². The zero-order valence-corrected chi connectivity index (χ0v) is 37.9. The highest BCUT2D eigenvalue weighted by Gasteiger charge is 2.54. The fourth-order valence-electron chi connectivity index (χ4n) is 13.1. The summed E-state index contributed by atoms with van der Waals surface area (Å²) in [5.41, 5.74) is 29.1. The molecule has 306 valence electrons. The van der Waals surface area contributed by atoms with E-state index in [-0.39, 0.29) is 17.5 Å². The maximum atomic E-state index is 2.73. The second-order valence-corrected chi connectivity index (χ2v) is 21.4.